The van der Waals surface area contributed by atoms with Gasteiger partial charge in [0.25, 0.3) is 0 Å². The van der Waals surface area contributed by atoms with E-state index in [0.717, 1.165) is 6.07 Å². The minimum absolute atomic E-state index is 0.0542. The lowest BCUT2D eigenvalue weighted by Crippen LogP contribution is -2.46. The van der Waals surface area contributed by atoms with Crippen molar-refractivity contribution in [1.82, 2.24) is 5.32 Å². The molecule has 0 unspecified atom stereocenters. The zero-order chi connectivity index (χ0) is 16.0. The van der Waals surface area contributed by atoms with Crippen molar-refractivity contribution in [1.29, 1.82) is 5.26 Å². The van der Waals surface area contributed by atoms with Crippen molar-refractivity contribution >= 4 is 17.5 Å². The van der Waals surface area contributed by atoms with Crippen molar-refractivity contribution in [3.63, 3.8) is 0 Å². The first-order valence-corrected chi connectivity index (χ1v) is 6.38. The van der Waals surface area contributed by atoms with E-state index in [1.54, 1.807) is 19.9 Å². The molecule has 0 saturated heterocycles. The van der Waals surface area contributed by atoms with Gasteiger partial charge in [-0.2, -0.15) is 5.26 Å². The van der Waals surface area contributed by atoms with E-state index in [9.17, 15) is 14.0 Å². The third kappa shape index (κ3) is 4.54. The molecule has 0 saturated carbocycles. The number of nitrogens with two attached hydrogens (primary N) is 1. The Morgan fingerprint density at radius 2 is 2.10 bits per heavy atom. The molecule has 0 heterocycles. The van der Waals surface area contributed by atoms with E-state index in [0.29, 0.717) is 0 Å². The Morgan fingerprint density at radius 1 is 1.43 bits per heavy atom. The lowest BCUT2D eigenvalue weighted by atomic mass is 10.1. The van der Waals surface area contributed by atoms with Gasteiger partial charge < -0.3 is 16.4 Å². The first-order chi connectivity index (χ1) is 9.86. The Hall–Kier alpha value is -2.46. The second kappa shape index (κ2) is 7.36. The van der Waals surface area contributed by atoms with E-state index in [-0.39, 0.29) is 23.7 Å². The lowest BCUT2D eigenvalue weighted by Gasteiger charge is -2.15. The number of hydrogen-bond acceptors (Lipinski definition) is 4. The molecule has 0 bridgehead atoms. The molecule has 1 atom stereocenters. The number of nitriles is 1. The zero-order valence-electron chi connectivity index (χ0n) is 11.8. The standard InChI is InChI=1S/C14H17FN4O2/c1-8(2)13(17)14(21)18-7-12(20)19-11-5-3-4-10(15)9(11)6-16/h3-5,8,13H,7,17H2,1-2H3,(H,18,21)(H,19,20)/t13-/m0/s1. The number of carbonyl (C=O) groups is 2. The molecule has 2 amide bonds. The van der Waals surface area contributed by atoms with E-state index in [1.807, 2.05) is 0 Å². The van der Waals surface area contributed by atoms with Crippen LogP contribution in [0.1, 0.15) is 19.4 Å². The molecule has 6 nitrogen and oxygen atoms in total. The molecule has 0 aliphatic carbocycles. The number of hydrogen-bond donors (Lipinski definition) is 3. The third-order valence-electron chi connectivity index (χ3n) is 2.84. The summed E-state index contributed by atoms with van der Waals surface area (Å²) < 4.78 is 13.3. The van der Waals surface area contributed by atoms with Crippen LogP contribution in [0.3, 0.4) is 0 Å². The van der Waals surface area contributed by atoms with Crippen LogP contribution in [0.25, 0.3) is 0 Å². The Kier molecular flexibility index (Phi) is 5.81. The van der Waals surface area contributed by atoms with Gasteiger partial charge in [0.2, 0.25) is 11.8 Å². The van der Waals surface area contributed by atoms with Crippen molar-refractivity contribution in [2.24, 2.45) is 11.7 Å². The largest absolute Gasteiger partial charge is 0.346 e. The van der Waals surface area contributed by atoms with Gasteiger partial charge in [-0.1, -0.05) is 19.9 Å². The fourth-order valence-corrected chi connectivity index (χ4v) is 1.52. The van der Waals surface area contributed by atoms with E-state index >= 15 is 0 Å². The van der Waals surface area contributed by atoms with Crippen LogP contribution in [-0.4, -0.2) is 24.4 Å². The maximum absolute atomic E-state index is 13.3. The van der Waals surface area contributed by atoms with Crippen molar-refractivity contribution < 1.29 is 14.0 Å². The Morgan fingerprint density at radius 3 is 2.67 bits per heavy atom. The molecule has 1 rings (SSSR count). The Balaban J connectivity index is 2.62. The average molecular weight is 292 g/mol. The van der Waals surface area contributed by atoms with Crippen LogP contribution in [-0.2, 0) is 9.59 Å². The van der Waals surface area contributed by atoms with Gasteiger partial charge in [0.05, 0.1) is 18.3 Å². The predicted molar refractivity (Wildman–Crippen MR) is 75.6 cm³/mol. The molecule has 0 fully saturated rings. The SMILES string of the molecule is CC(C)[C@H](N)C(=O)NCC(=O)Nc1cccc(F)c1C#N. The van der Waals surface area contributed by atoms with Gasteiger partial charge in [0, 0.05) is 0 Å². The predicted octanol–water partition coefficient (Wildman–Crippen LogP) is 0.735. The summed E-state index contributed by atoms with van der Waals surface area (Å²) >= 11 is 0. The number of amides is 2. The van der Waals surface area contributed by atoms with E-state index < -0.39 is 23.7 Å². The summed E-state index contributed by atoms with van der Waals surface area (Å²) in [6, 6.07) is 4.86. The van der Waals surface area contributed by atoms with Gasteiger partial charge in [0.1, 0.15) is 17.4 Å². The maximum atomic E-state index is 13.3. The topological polar surface area (TPSA) is 108 Å². The molecule has 112 valence electrons. The highest BCUT2D eigenvalue weighted by Crippen LogP contribution is 2.17. The fraction of sp³-hybridized carbons (Fsp3) is 0.357. The molecule has 1 aromatic rings. The molecule has 0 spiro atoms. The van der Waals surface area contributed by atoms with Gasteiger partial charge in [-0.15, -0.1) is 0 Å². The monoisotopic (exact) mass is 292 g/mol. The Bertz CT molecular complexity index is 581. The number of halogens is 1. The summed E-state index contributed by atoms with van der Waals surface area (Å²) in [6.07, 6.45) is 0. The minimum atomic E-state index is -0.721. The molecule has 21 heavy (non-hydrogen) atoms. The smallest absolute Gasteiger partial charge is 0.243 e. The molecule has 4 N–H and O–H groups in total. The molecule has 0 aliphatic heterocycles. The lowest BCUT2D eigenvalue weighted by molar-refractivity contribution is -0.125. The van der Waals surface area contributed by atoms with E-state index in [1.165, 1.54) is 12.1 Å². The maximum Gasteiger partial charge on any atom is 0.243 e. The number of carbonyl (C=O) groups excluding carboxylic acids is 2. The highest BCUT2D eigenvalue weighted by Gasteiger charge is 2.18. The highest BCUT2D eigenvalue weighted by molar-refractivity contribution is 5.96. The average Bonchev–Trinajstić information content (AvgIpc) is 2.44. The molecular weight excluding hydrogens is 275 g/mol. The second-order valence-corrected chi connectivity index (χ2v) is 4.81. The van der Waals surface area contributed by atoms with E-state index in [4.69, 9.17) is 11.0 Å². The number of nitrogens with one attached hydrogen (secondary N) is 2. The summed E-state index contributed by atoms with van der Waals surface area (Å²) in [5.41, 5.74) is 5.43. The number of anilines is 1. The van der Waals surface area contributed by atoms with Crippen molar-refractivity contribution in [2.75, 3.05) is 11.9 Å². The minimum Gasteiger partial charge on any atom is -0.346 e. The van der Waals surface area contributed by atoms with E-state index in [2.05, 4.69) is 10.6 Å². The van der Waals surface area contributed by atoms with Crippen LogP contribution in [0.4, 0.5) is 10.1 Å². The van der Waals surface area contributed by atoms with Crippen molar-refractivity contribution in [3.05, 3.63) is 29.6 Å². The van der Waals surface area contributed by atoms with Crippen LogP contribution >= 0.6 is 0 Å². The molecular formula is C14H17FN4O2. The first kappa shape index (κ1) is 16.6. The summed E-state index contributed by atoms with van der Waals surface area (Å²) in [5.74, 6) is -1.79. The number of benzene rings is 1. The summed E-state index contributed by atoms with van der Waals surface area (Å²) in [5, 5.41) is 13.6. The molecule has 1 aromatic carbocycles. The van der Waals surface area contributed by atoms with Gasteiger partial charge in [-0.25, -0.2) is 4.39 Å². The van der Waals surface area contributed by atoms with Gasteiger partial charge >= 0.3 is 0 Å². The summed E-state index contributed by atoms with van der Waals surface area (Å²) in [7, 11) is 0. The van der Waals surface area contributed by atoms with Crippen molar-refractivity contribution in [3.8, 4) is 6.07 Å². The van der Waals surface area contributed by atoms with Crippen LogP contribution in [0.2, 0.25) is 0 Å². The van der Waals surface area contributed by atoms with Crippen LogP contribution in [0, 0.1) is 23.1 Å². The molecule has 0 aliphatic rings. The normalized spacial score (nSPS) is 11.6. The Labute approximate surface area is 122 Å². The highest BCUT2D eigenvalue weighted by atomic mass is 19.1. The van der Waals surface area contributed by atoms with Crippen LogP contribution in [0.15, 0.2) is 18.2 Å². The first-order valence-electron chi connectivity index (χ1n) is 6.38. The zero-order valence-corrected chi connectivity index (χ0v) is 11.8. The summed E-state index contributed by atoms with van der Waals surface area (Å²) in [6.45, 7) is 3.27. The third-order valence-corrected chi connectivity index (χ3v) is 2.84. The molecule has 7 heteroatoms. The fourth-order valence-electron chi connectivity index (χ4n) is 1.52. The van der Waals surface area contributed by atoms with Gasteiger partial charge in [0.15, 0.2) is 0 Å². The number of rotatable bonds is 5. The quantitative estimate of drug-likeness (QED) is 0.743. The van der Waals surface area contributed by atoms with Crippen LogP contribution < -0.4 is 16.4 Å². The van der Waals surface area contributed by atoms with Crippen molar-refractivity contribution in [2.45, 2.75) is 19.9 Å². The molecule has 0 aromatic heterocycles. The van der Waals surface area contributed by atoms with Gasteiger partial charge in [-0.05, 0) is 18.1 Å². The second-order valence-electron chi connectivity index (χ2n) is 4.81. The molecule has 0 radical (unpaired) electrons. The van der Waals surface area contributed by atoms with Gasteiger partial charge in [-0.3, -0.25) is 9.59 Å². The van der Waals surface area contributed by atoms with Crippen LogP contribution in [0.5, 0.6) is 0 Å². The summed E-state index contributed by atoms with van der Waals surface area (Å²) in [4.78, 5) is 23.3. The number of nitrogens with zero attached hydrogens (tertiary/aromatic N) is 1.